The molecule has 1 atom stereocenters. The number of benzene rings is 1. The Labute approximate surface area is 142 Å². The summed E-state index contributed by atoms with van der Waals surface area (Å²) < 4.78 is 8.55. The van der Waals surface area contributed by atoms with E-state index in [0.29, 0.717) is 35.9 Å². The largest absolute Gasteiger partial charge is 0.385 e. The van der Waals surface area contributed by atoms with Gasteiger partial charge in [-0.05, 0) is 25.5 Å². The van der Waals surface area contributed by atoms with Gasteiger partial charge < -0.3 is 4.74 Å². The lowest BCUT2D eigenvalue weighted by Gasteiger charge is -2.11. The van der Waals surface area contributed by atoms with Crippen LogP contribution in [0.4, 0.5) is 0 Å². The fraction of sp³-hybridized carbons (Fsp3) is 0.375. The van der Waals surface area contributed by atoms with Gasteiger partial charge in [0.2, 0.25) is 5.78 Å². The Bertz CT molecular complexity index is 972. The van der Waals surface area contributed by atoms with Gasteiger partial charge in [0, 0.05) is 20.3 Å². The van der Waals surface area contributed by atoms with Gasteiger partial charge in [-0.15, -0.1) is 10.2 Å². The molecule has 2 heterocycles. The molecule has 8 heteroatoms. The Hall–Kier alpha value is -2.37. The summed E-state index contributed by atoms with van der Waals surface area (Å²) in [6, 6.07) is 9.56. The number of para-hydroxylation sites is 1. The molecular weight excluding hydrogens is 326 g/mol. The molecule has 0 saturated heterocycles. The minimum Gasteiger partial charge on any atom is -0.385 e. The number of nitriles is 1. The molecule has 0 spiro atoms. The van der Waals surface area contributed by atoms with Crippen molar-refractivity contribution in [1.29, 1.82) is 5.26 Å². The van der Waals surface area contributed by atoms with Gasteiger partial charge in [-0.3, -0.25) is 13.8 Å². The molecule has 24 heavy (non-hydrogen) atoms. The molecule has 1 unspecified atom stereocenters. The number of aryl methyl sites for hydroxylation is 1. The van der Waals surface area contributed by atoms with Crippen molar-refractivity contribution in [2.45, 2.75) is 30.3 Å². The van der Waals surface area contributed by atoms with Crippen LogP contribution in [0.25, 0.3) is 16.7 Å². The Balaban J connectivity index is 2.25. The van der Waals surface area contributed by atoms with Crippen molar-refractivity contribution in [2.24, 2.45) is 0 Å². The van der Waals surface area contributed by atoms with Gasteiger partial charge in [0.1, 0.15) is 0 Å². The molecular formula is C16H17N5O2S. The highest BCUT2D eigenvalue weighted by atomic mass is 32.2. The van der Waals surface area contributed by atoms with Crippen molar-refractivity contribution in [3.8, 4) is 6.07 Å². The minimum atomic E-state index is -0.259. The highest BCUT2D eigenvalue weighted by Gasteiger charge is 2.18. The molecule has 1 aromatic carbocycles. The topological polar surface area (TPSA) is 85.2 Å². The van der Waals surface area contributed by atoms with Gasteiger partial charge in [-0.1, -0.05) is 23.9 Å². The summed E-state index contributed by atoms with van der Waals surface area (Å²) in [6.07, 6.45) is 0.703. The van der Waals surface area contributed by atoms with E-state index in [0.717, 1.165) is 5.52 Å². The molecule has 124 valence electrons. The maximum atomic E-state index is 12.8. The zero-order chi connectivity index (χ0) is 17.1. The predicted molar refractivity (Wildman–Crippen MR) is 92.2 cm³/mol. The van der Waals surface area contributed by atoms with E-state index < -0.39 is 0 Å². The third-order valence-electron chi connectivity index (χ3n) is 3.67. The summed E-state index contributed by atoms with van der Waals surface area (Å²) in [5.41, 5.74) is 0.657. The number of nitrogens with zero attached hydrogens (tertiary/aromatic N) is 5. The second-order valence-electron chi connectivity index (χ2n) is 5.33. The van der Waals surface area contributed by atoms with E-state index in [4.69, 9.17) is 10.00 Å². The number of ether oxygens (including phenoxy) is 1. The molecule has 3 aromatic rings. The Kier molecular flexibility index (Phi) is 4.83. The third-order valence-corrected chi connectivity index (χ3v) is 4.61. The van der Waals surface area contributed by atoms with Crippen molar-refractivity contribution in [3.05, 3.63) is 34.6 Å². The molecule has 0 saturated carbocycles. The van der Waals surface area contributed by atoms with Gasteiger partial charge in [0.25, 0.3) is 5.56 Å². The standard InChI is InChI=1S/C16H17N5O2S/c1-11(10-17)24-16-19-18-15-20(8-5-9-23-2)14(22)12-6-3-4-7-13(12)21(15)16/h3-4,6-7,11H,5,8-9H2,1-2H3. The normalized spacial score (nSPS) is 12.5. The van der Waals surface area contributed by atoms with Crippen molar-refractivity contribution < 1.29 is 4.74 Å². The van der Waals surface area contributed by atoms with E-state index in [1.54, 1.807) is 17.7 Å². The summed E-state index contributed by atoms with van der Waals surface area (Å²) >= 11 is 1.33. The SMILES string of the molecule is COCCCn1c(=O)c2ccccc2n2c(SC(C)C#N)nnc12. The van der Waals surface area contributed by atoms with Crippen LogP contribution in [0.1, 0.15) is 13.3 Å². The van der Waals surface area contributed by atoms with Crippen molar-refractivity contribution in [2.75, 3.05) is 13.7 Å². The smallest absolute Gasteiger partial charge is 0.262 e. The van der Waals surface area contributed by atoms with Gasteiger partial charge >= 0.3 is 0 Å². The number of hydrogen-bond donors (Lipinski definition) is 0. The monoisotopic (exact) mass is 343 g/mol. The molecule has 0 aliphatic carbocycles. The van der Waals surface area contributed by atoms with Gasteiger partial charge in [-0.2, -0.15) is 5.26 Å². The fourth-order valence-corrected chi connectivity index (χ4v) is 3.31. The van der Waals surface area contributed by atoms with Crippen LogP contribution in [0.5, 0.6) is 0 Å². The molecule has 7 nitrogen and oxygen atoms in total. The van der Waals surface area contributed by atoms with Crippen molar-refractivity contribution in [3.63, 3.8) is 0 Å². The lowest BCUT2D eigenvalue weighted by Crippen LogP contribution is -2.24. The van der Waals surface area contributed by atoms with Crippen molar-refractivity contribution >= 4 is 28.4 Å². The molecule has 0 N–H and O–H groups in total. The third kappa shape index (κ3) is 2.88. The fourth-order valence-electron chi connectivity index (χ4n) is 2.56. The summed E-state index contributed by atoms with van der Waals surface area (Å²) in [4.78, 5) is 12.8. The van der Waals surface area contributed by atoms with Crippen LogP contribution in [0.15, 0.2) is 34.2 Å². The molecule has 0 radical (unpaired) electrons. The lowest BCUT2D eigenvalue weighted by atomic mass is 10.2. The van der Waals surface area contributed by atoms with E-state index in [1.165, 1.54) is 11.8 Å². The van der Waals surface area contributed by atoms with Crippen LogP contribution >= 0.6 is 11.8 Å². The van der Waals surface area contributed by atoms with Crippen LogP contribution in [-0.2, 0) is 11.3 Å². The maximum Gasteiger partial charge on any atom is 0.262 e. The number of aromatic nitrogens is 4. The quantitative estimate of drug-likeness (QED) is 0.503. The highest BCUT2D eigenvalue weighted by Crippen LogP contribution is 2.24. The predicted octanol–water partition coefficient (Wildman–Crippen LogP) is 2.08. The molecule has 0 amide bonds. The van der Waals surface area contributed by atoms with E-state index >= 15 is 0 Å². The van der Waals surface area contributed by atoms with E-state index in [-0.39, 0.29) is 10.8 Å². The van der Waals surface area contributed by atoms with Crippen LogP contribution in [-0.4, -0.2) is 38.1 Å². The molecule has 2 aromatic heterocycles. The van der Waals surface area contributed by atoms with Crippen molar-refractivity contribution in [1.82, 2.24) is 19.2 Å². The van der Waals surface area contributed by atoms with Crippen LogP contribution < -0.4 is 5.56 Å². The first-order valence-electron chi connectivity index (χ1n) is 7.59. The lowest BCUT2D eigenvalue weighted by molar-refractivity contribution is 0.190. The zero-order valence-corrected chi connectivity index (χ0v) is 14.3. The first-order valence-corrected chi connectivity index (χ1v) is 8.47. The van der Waals surface area contributed by atoms with E-state index in [9.17, 15) is 4.79 Å². The van der Waals surface area contributed by atoms with Gasteiger partial charge in [0.05, 0.1) is 22.2 Å². The molecule has 0 aliphatic heterocycles. The first-order chi connectivity index (χ1) is 11.7. The second kappa shape index (κ2) is 7.03. The zero-order valence-electron chi connectivity index (χ0n) is 13.5. The number of rotatable bonds is 6. The Morgan fingerprint density at radius 3 is 2.92 bits per heavy atom. The van der Waals surface area contributed by atoms with E-state index in [2.05, 4.69) is 16.3 Å². The minimum absolute atomic E-state index is 0.0912. The number of fused-ring (bicyclic) bond motifs is 3. The molecule has 0 aliphatic rings. The summed E-state index contributed by atoms with van der Waals surface area (Å²) in [6.45, 7) is 2.87. The first kappa shape index (κ1) is 16.5. The average Bonchev–Trinajstić information content (AvgIpc) is 3.01. The summed E-state index contributed by atoms with van der Waals surface area (Å²) in [5.74, 6) is 0.488. The number of methoxy groups -OCH3 is 1. The molecule has 3 rings (SSSR count). The highest BCUT2D eigenvalue weighted by molar-refractivity contribution is 8.00. The number of hydrogen-bond acceptors (Lipinski definition) is 6. The summed E-state index contributed by atoms with van der Waals surface area (Å²) in [7, 11) is 1.63. The molecule has 0 fully saturated rings. The Morgan fingerprint density at radius 1 is 1.38 bits per heavy atom. The van der Waals surface area contributed by atoms with E-state index in [1.807, 2.05) is 29.5 Å². The second-order valence-corrected chi connectivity index (χ2v) is 6.64. The average molecular weight is 343 g/mol. The van der Waals surface area contributed by atoms with Crippen LogP contribution in [0.3, 0.4) is 0 Å². The van der Waals surface area contributed by atoms with Crippen LogP contribution in [0, 0.1) is 11.3 Å². The summed E-state index contributed by atoms with van der Waals surface area (Å²) in [5, 5.41) is 18.4. The van der Waals surface area contributed by atoms with Crippen LogP contribution in [0.2, 0.25) is 0 Å². The van der Waals surface area contributed by atoms with Gasteiger partial charge in [-0.25, -0.2) is 0 Å². The maximum absolute atomic E-state index is 12.8. The van der Waals surface area contributed by atoms with Gasteiger partial charge in [0.15, 0.2) is 5.16 Å². The number of thioether (sulfide) groups is 1. The molecule has 0 bridgehead atoms. The Morgan fingerprint density at radius 2 is 2.17 bits per heavy atom.